The molecule has 0 bridgehead atoms. The van der Waals surface area contributed by atoms with E-state index < -0.39 is 24.6 Å². The Labute approximate surface area is 159 Å². The number of carbonyl (C=O) groups is 2. The summed E-state index contributed by atoms with van der Waals surface area (Å²) in [6, 6.07) is 12.9. The van der Waals surface area contributed by atoms with Crippen LogP contribution >= 0.6 is 0 Å². The van der Waals surface area contributed by atoms with Crippen molar-refractivity contribution in [2.24, 2.45) is 0 Å². The predicted octanol–water partition coefficient (Wildman–Crippen LogP) is 2.91. The molecule has 2 aromatic rings. The molecule has 0 aliphatic rings. The highest BCUT2D eigenvalue weighted by molar-refractivity contribution is 5.95. The highest BCUT2D eigenvalue weighted by Gasteiger charge is 2.27. The van der Waals surface area contributed by atoms with E-state index in [4.69, 9.17) is 4.74 Å². The number of benzene rings is 2. The van der Waals surface area contributed by atoms with Crippen molar-refractivity contribution >= 4 is 11.8 Å². The molecule has 2 aromatic carbocycles. The van der Waals surface area contributed by atoms with E-state index in [1.807, 2.05) is 13.0 Å². The Bertz CT molecular complexity index is 808. The smallest absolute Gasteiger partial charge is 0.411 e. The SMILES string of the molecule is Cc1cccc(OCC(=O)NNC(=O)c2ccc(COCC(F)(F)F)cc2)c1. The first kappa shape index (κ1) is 21.2. The van der Waals surface area contributed by atoms with Crippen LogP contribution < -0.4 is 15.6 Å². The highest BCUT2D eigenvalue weighted by Crippen LogP contribution is 2.16. The normalized spacial score (nSPS) is 11.0. The van der Waals surface area contributed by atoms with Crippen LogP contribution in [0.1, 0.15) is 21.5 Å². The maximum Gasteiger partial charge on any atom is 0.411 e. The Morgan fingerprint density at radius 1 is 1.04 bits per heavy atom. The van der Waals surface area contributed by atoms with Crippen LogP contribution in [0, 0.1) is 6.92 Å². The number of aryl methyl sites for hydroxylation is 1. The van der Waals surface area contributed by atoms with Crippen molar-refractivity contribution in [1.82, 2.24) is 10.9 Å². The van der Waals surface area contributed by atoms with Gasteiger partial charge in [0.2, 0.25) is 0 Å². The number of hydrazine groups is 1. The van der Waals surface area contributed by atoms with Crippen LogP contribution in [-0.4, -0.2) is 31.2 Å². The molecule has 0 aliphatic carbocycles. The van der Waals surface area contributed by atoms with Crippen LogP contribution in [0.15, 0.2) is 48.5 Å². The Morgan fingerprint density at radius 3 is 2.39 bits per heavy atom. The van der Waals surface area contributed by atoms with Gasteiger partial charge in [-0.3, -0.25) is 20.4 Å². The summed E-state index contributed by atoms with van der Waals surface area (Å²) in [6.07, 6.45) is -4.39. The van der Waals surface area contributed by atoms with Gasteiger partial charge in [-0.15, -0.1) is 0 Å². The summed E-state index contributed by atoms with van der Waals surface area (Å²) >= 11 is 0. The molecule has 6 nitrogen and oxygen atoms in total. The molecule has 9 heteroatoms. The quantitative estimate of drug-likeness (QED) is 0.706. The first-order chi connectivity index (χ1) is 13.2. The molecule has 0 atom stereocenters. The molecule has 28 heavy (non-hydrogen) atoms. The van der Waals surface area contributed by atoms with Gasteiger partial charge in [0, 0.05) is 5.56 Å². The number of carbonyl (C=O) groups excluding carboxylic acids is 2. The standard InChI is InChI=1S/C19H19F3N2O4/c1-13-3-2-4-16(9-13)28-11-17(25)23-24-18(26)15-7-5-14(6-8-15)10-27-12-19(20,21)22/h2-9H,10-12H2,1H3,(H,23,25)(H,24,26). The van der Waals surface area contributed by atoms with Gasteiger partial charge in [0.1, 0.15) is 12.4 Å². The molecule has 0 aromatic heterocycles. The van der Waals surface area contributed by atoms with Gasteiger partial charge in [-0.05, 0) is 42.3 Å². The summed E-state index contributed by atoms with van der Waals surface area (Å²) < 4.78 is 45.9. The van der Waals surface area contributed by atoms with E-state index >= 15 is 0 Å². The van der Waals surface area contributed by atoms with Gasteiger partial charge >= 0.3 is 6.18 Å². The van der Waals surface area contributed by atoms with Crippen molar-refractivity contribution in [3.8, 4) is 5.75 Å². The van der Waals surface area contributed by atoms with Crippen LogP contribution in [0.3, 0.4) is 0 Å². The lowest BCUT2D eigenvalue weighted by Gasteiger charge is -2.10. The van der Waals surface area contributed by atoms with Gasteiger partial charge in [0.05, 0.1) is 6.61 Å². The van der Waals surface area contributed by atoms with Crippen molar-refractivity contribution in [3.63, 3.8) is 0 Å². The second-order valence-corrected chi connectivity index (χ2v) is 5.91. The summed E-state index contributed by atoms with van der Waals surface area (Å²) in [5.74, 6) is -0.594. The van der Waals surface area contributed by atoms with Crippen molar-refractivity contribution in [3.05, 3.63) is 65.2 Å². The number of alkyl halides is 3. The number of hydrogen-bond donors (Lipinski definition) is 2. The molecule has 2 rings (SSSR count). The predicted molar refractivity (Wildman–Crippen MR) is 94.4 cm³/mol. The van der Waals surface area contributed by atoms with Crippen molar-refractivity contribution in [2.75, 3.05) is 13.2 Å². The summed E-state index contributed by atoms with van der Waals surface area (Å²) in [5, 5.41) is 0. The third-order valence-electron chi connectivity index (χ3n) is 3.43. The van der Waals surface area contributed by atoms with Crippen LogP contribution in [-0.2, 0) is 16.1 Å². The molecule has 0 saturated heterocycles. The lowest BCUT2D eigenvalue weighted by atomic mass is 10.1. The van der Waals surface area contributed by atoms with Gasteiger partial charge in [-0.2, -0.15) is 13.2 Å². The Morgan fingerprint density at radius 2 is 1.75 bits per heavy atom. The fourth-order valence-electron chi connectivity index (χ4n) is 2.13. The largest absolute Gasteiger partial charge is 0.484 e. The summed E-state index contributed by atoms with van der Waals surface area (Å²) in [7, 11) is 0. The molecule has 2 N–H and O–H groups in total. The molecule has 0 saturated carbocycles. The van der Waals surface area contributed by atoms with Crippen molar-refractivity contribution in [2.45, 2.75) is 19.7 Å². The lowest BCUT2D eigenvalue weighted by Crippen LogP contribution is -2.43. The zero-order valence-electron chi connectivity index (χ0n) is 15.0. The fourth-order valence-corrected chi connectivity index (χ4v) is 2.13. The van der Waals surface area contributed by atoms with E-state index in [-0.39, 0.29) is 18.8 Å². The van der Waals surface area contributed by atoms with Crippen LogP contribution in [0.25, 0.3) is 0 Å². The van der Waals surface area contributed by atoms with E-state index in [1.165, 1.54) is 24.3 Å². The van der Waals surface area contributed by atoms with E-state index in [0.717, 1.165) is 5.56 Å². The molecule has 150 valence electrons. The highest BCUT2D eigenvalue weighted by atomic mass is 19.4. The number of halogens is 3. The molecule has 0 spiro atoms. The zero-order chi connectivity index (χ0) is 20.6. The summed E-state index contributed by atoms with van der Waals surface area (Å²) in [4.78, 5) is 23.7. The molecule has 0 aliphatic heterocycles. The van der Waals surface area contributed by atoms with Gasteiger partial charge in [0.25, 0.3) is 11.8 Å². The minimum absolute atomic E-state index is 0.222. The molecule has 0 heterocycles. The third-order valence-corrected chi connectivity index (χ3v) is 3.43. The number of ether oxygens (including phenoxy) is 2. The number of rotatable bonds is 7. The van der Waals surface area contributed by atoms with Gasteiger partial charge in [-0.25, -0.2) is 0 Å². The Hall–Kier alpha value is -3.07. The molecular weight excluding hydrogens is 377 g/mol. The van der Waals surface area contributed by atoms with Gasteiger partial charge in [0.15, 0.2) is 6.61 Å². The van der Waals surface area contributed by atoms with E-state index in [0.29, 0.717) is 11.3 Å². The van der Waals surface area contributed by atoms with E-state index in [9.17, 15) is 22.8 Å². The summed E-state index contributed by atoms with van der Waals surface area (Å²) in [6.45, 7) is 0.0421. The first-order valence-corrected chi connectivity index (χ1v) is 8.25. The van der Waals surface area contributed by atoms with E-state index in [2.05, 4.69) is 15.6 Å². The van der Waals surface area contributed by atoms with Gasteiger partial charge in [-0.1, -0.05) is 24.3 Å². The maximum atomic E-state index is 12.0. The molecule has 0 unspecified atom stereocenters. The first-order valence-electron chi connectivity index (χ1n) is 8.25. The van der Waals surface area contributed by atoms with Crippen LogP contribution in [0.4, 0.5) is 13.2 Å². The molecule has 0 fully saturated rings. The molecular formula is C19H19F3N2O4. The zero-order valence-corrected chi connectivity index (χ0v) is 15.0. The van der Waals surface area contributed by atoms with Crippen LogP contribution in [0.2, 0.25) is 0 Å². The Balaban J connectivity index is 1.74. The second kappa shape index (κ2) is 9.75. The fraction of sp³-hybridized carbons (Fsp3) is 0.263. The third kappa shape index (κ3) is 7.67. The average Bonchev–Trinajstić information content (AvgIpc) is 2.64. The number of amides is 2. The Kier molecular flexibility index (Phi) is 7.39. The van der Waals surface area contributed by atoms with Gasteiger partial charge < -0.3 is 9.47 Å². The topological polar surface area (TPSA) is 76.7 Å². The molecule has 0 radical (unpaired) electrons. The molecule has 2 amide bonds. The van der Waals surface area contributed by atoms with Crippen LogP contribution in [0.5, 0.6) is 5.75 Å². The minimum atomic E-state index is -4.39. The number of hydrogen-bond acceptors (Lipinski definition) is 4. The van der Waals surface area contributed by atoms with E-state index in [1.54, 1.807) is 18.2 Å². The van der Waals surface area contributed by atoms with Crippen molar-refractivity contribution in [1.29, 1.82) is 0 Å². The number of nitrogens with one attached hydrogen (secondary N) is 2. The summed E-state index contributed by atoms with van der Waals surface area (Å²) in [5.41, 5.74) is 6.14. The monoisotopic (exact) mass is 396 g/mol. The second-order valence-electron chi connectivity index (χ2n) is 5.91. The van der Waals surface area contributed by atoms with Crippen molar-refractivity contribution < 1.29 is 32.2 Å². The average molecular weight is 396 g/mol. The lowest BCUT2D eigenvalue weighted by molar-refractivity contribution is -0.176. The minimum Gasteiger partial charge on any atom is -0.484 e. The maximum absolute atomic E-state index is 12.0.